The predicted molar refractivity (Wildman–Crippen MR) is 78.3 cm³/mol. The highest BCUT2D eigenvalue weighted by Gasteiger charge is 2.29. The number of carboxylic acid groups (broad SMARTS) is 2. The molecule has 0 saturated heterocycles. The summed E-state index contributed by atoms with van der Waals surface area (Å²) < 4.78 is 0. The van der Waals surface area contributed by atoms with Gasteiger partial charge in [0.2, 0.25) is 5.72 Å². The fraction of sp³-hybridized carbons (Fsp3) is 0.818. The molecular formula is C11H25N3O5S. The van der Waals surface area contributed by atoms with Crippen LogP contribution in [0.4, 0.5) is 0 Å². The largest absolute Gasteiger partial charge is 0.480 e. The predicted octanol–water partition coefficient (Wildman–Crippen LogP) is -1.00. The number of hydrogen-bond donors (Lipinski definition) is 6. The van der Waals surface area contributed by atoms with Gasteiger partial charge in [-0.2, -0.15) is 11.8 Å². The summed E-state index contributed by atoms with van der Waals surface area (Å²) >= 11 is 1.60. The lowest BCUT2D eigenvalue weighted by Gasteiger charge is -2.16. The van der Waals surface area contributed by atoms with Crippen LogP contribution in [0.15, 0.2) is 0 Å². The van der Waals surface area contributed by atoms with Crippen LogP contribution in [0.2, 0.25) is 0 Å². The molecule has 20 heavy (non-hydrogen) atoms. The Hall–Kier alpha value is -0.870. The Bertz CT molecular complexity index is 289. The molecule has 0 aromatic carbocycles. The van der Waals surface area contributed by atoms with Crippen LogP contribution in [0.5, 0.6) is 0 Å². The smallest absolute Gasteiger partial charge is 0.350 e. The van der Waals surface area contributed by atoms with Gasteiger partial charge < -0.3 is 26.8 Å². The molecule has 2 unspecified atom stereocenters. The van der Waals surface area contributed by atoms with Crippen LogP contribution in [0.1, 0.15) is 25.7 Å². The summed E-state index contributed by atoms with van der Waals surface area (Å²) in [4.78, 5) is 20.3. The number of aliphatic carboxylic acids is 2. The summed E-state index contributed by atoms with van der Waals surface area (Å²) in [7, 11) is 0. The lowest BCUT2D eigenvalue weighted by atomic mass is 10.1. The van der Waals surface area contributed by atoms with Crippen LogP contribution in [-0.2, 0) is 9.59 Å². The normalized spacial score (nSPS) is 14.7. The van der Waals surface area contributed by atoms with E-state index in [2.05, 4.69) is 0 Å². The number of thioether (sulfide) groups is 1. The molecule has 9 heteroatoms. The number of hydrogen-bond acceptors (Lipinski definition) is 7. The lowest BCUT2D eigenvalue weighted by molar-refractivity contribution is -0.158. The third-order valence-electron chi connectivity index (χ3n) is 2.33. The molecule has 0 radical (unpaired) electrons. The van der Waals surface area contributed by atoms with E-state index in [-0.39, 0.29) is 6.42 Å². The standard InChI is InChI=1S/C6H14N2O3.C5H11NO2S/c7-4-2-1-3-6(8,11)5(9)10;1-9-3-2-4(6)5(7)8/h11H,1-4,7-8H2,(H,9,10);4H,2-3,6H2,1H3,(H,7,8). The van der Waals surface area contributed by atoms with Crippen LogP contribution in [0.3, 0.4) is 0 Å². The van der Waals surface area contributed by atoms with E-state index in [1.54, 1.807) is 11.8 Å². The molecule has 120 valence electrons. The third-order valence-corrected chi connectivity index (χ3v) is 2.98. The molecule has 0 aromatic rings. The van der Waals surface area contributed by atoms with E-state index >= 15 is 0 Å². The van der Waals surface area contributed by atoms with E-state index < -0.39 is 23.7 Å². The van der Waals surface area contributed by atoms with Gasteiger partial charge in [-0.25, -0.2) is 4.79 Å². The second-order valence-electron chi connectivity index (χ2n) is 4.20. The molecule has 0 aliphatic heterocycles. The van der Waals surface area contributed by atoms with Crippen molar-refractivity contribution in [2.24, 2.45) is 17.2 Å². The maximum atomic E-state index is 10.2. The van der Waals surface area contributed by atoms with E-state index in [1.165, 1.54) is 0 Å². The minimum absolute atomic E-state index is 0.0412. The number of nitrogens with two attached hydrogens (primary N) is 3. The molecular weight excluding hydrogens is 286 g/mol. The summed E-state index contributed by atoms with van der Waals surface area (Å²) in [5.74, 6) is -1.49. The zero-order valence-electron chi connectivity index (χ0n) is 11.6. The van der Waals surface area contributed by atoms with Crippen molar-refractivity contribution in [3.05, 3.63) is 0 Å². The minimum atomic E-state index is -2.09. The first kappa shape index (κ1) is 21.4. The molecule has 0 rings (SSSR count). The van der Waals surface area contributed by atoms with Gasteiger partial charge >= 0.3 is 11.9 Å². The molecule has 0 fully saturated rings. The van der Waals surface area contributed by atoms with Crippen LogP contribution in [-0.4, -0.2) is 57.6 Å². The molecule has 0 bridgehead atoms. The van der Waals surface area contributed by atoms with Crippen LogP contribution in [0.25, 0.3) is 0 Å². The van der Waals surface area contributed by atoms with Crippen molar-refractivity contribution in [3.8, 4) is 0 Å². The first-order valence-corrected chi connectivity index (χ1v) is 7.50. The topological polar surface area (TPSA) is 173 Å². The Balaban J connectivity index is 0. The fourth-order valence-electron chi connectivity index (χ4n) is 1.01. The van der Waals surface area contributed by atoms with E-state index in [0.717, 1.165) is 5.75 Å². The van der Waals surface area contributed by atoms with Crippen LogP contribution < -0.4 is 17.2 Å². The van der Waals surface area contributed by atoms with Gasteiger partial charge in [0, 0.05) is 6.42 Å². The molecule has 0 saturated carbocycles. The van der Waals surface area contributed by atoms with Crippen molar-refractivity contribution in [3.63, 3.8) is 0 Å². The second kappa shape index (κ2) is 11.9. The molecule has 0 heterocycles. The quantitative estimate of drug-likeness (QED) is 0.230. The summed E-state index contributed by atoms with van der Waals surface area (Å²) in [6, 6.07) is -0.683. The molecule has 0 amide bonds. The number of unbranched alkanes of at least 4 members (excludes halogenated alkanes) is 1. The zero-order valence-corrected chi connectivity index (χ0v) is 12.4. The third kappa shape index (κ3) is 12.2. The van der Waals surface area contributed by atoms with Crippen LogP contribution in [0, 0.1) is 0 Å². The maximum absolute atomic E-state index is 10.2. The Kier molecular flexibility index (Phi) is 12.8. The van der Waals surface area contributed by atoms with Gasteiger partial charge in [0.05, 0.1) is 0 Å². The van der Waals surface area contributed by atoms with E-state index in [9.17, 15) is 9.59 Å². The Labute approximate surface area is 122 Å². The molecule has 9 N–H and O–H groups in total. The summed E-state index contributed by atoms with van der Waals surface area (Å²) in [5.41, 5.74) is 13.3. The van der Waals surface area contributed by atoms with Crippen molar-refractivity contribution >= 4 is 23.7 Å². The van der Waals surface area contributed by atoms with Crippen LogP contribution >= 0.6 is 11.8 Å². The molecule has 0 spiro atoms. The van der Waals surface area contributed by atoms with Gasteiger partial charge in [-0.1, -0.05) is 0 Å². The Morgan fingerprint density at radius 1 is 1.30 bits per heavy atom. The van der Waals surface area contributed by atoms with Crippen molar-refractivity contribution in [1.82, 2.24) is 0 Å². The minimum Gasteiger partial charge on any atom is -0.480 e. The average molecular weight is 311 g/mol. The number of aliphatic hydroxyl groups is 1. The number of carbonyl (C=O) groups is 2. The Morgan fingerprint density at radius 2 is 1.85 bits per heavy atom. The monoisotopic (exact) mass is 311 g/mol. The van der Waals surface area contributed by atoms with E-state index in [4.69, 9.17) is 32.5 Å². The first-order valence-electron chi connectivity index (χ1n) is 6.11. The zero-order chi connectivity index (χ0) is 16.2. The second-order valence-corrected chi connectivity index (χ2v) is 5.19. The van der Waals surface area contributed by atoms with Gasteiger partial charge in [0.25, 0.3) is 0 Å². The molecule has 0 aliphatic rings. The summed E-state index contributed by atoms with van der Waals surface area (Å²) in [5, 5.41) is 25.6. The van der Waals surface area contributed by atoms with E-state index in [0.29, 0.717) is 25.8 Å². The number of carboxylic acids is 2. The van der Waals surface area contributed by atoms with Crippen molar-refractivity contribution in [1.29, 1.82) is 0 Å². The SMILES string of the molecule is CSCCC(N)C(=O)O.NCCCCC(N)(O)C(=O)O. The molecule has 8 nitrogen and oxygen atoms in total. The summed E-state index contributed by atoms with van der Waals surface area (Å²) in [6.45, 7) is 0.482. The first-order chi connectivity index (χ1) is 9.18. The van der Waals surface area contributed by atoms with Gasteiger partial charge in [0.15, 0.2) is 0 Å². The highest BCUT2D eigenvalue weighted by molar-refractivity contribution is 7.98. The van der Waals surface area contributed by atoms with Crippen molar-refractivity contribution in [2.75, 3.05) is 18.6 Å². The van der Waals surface area contributed by atoms with Crippen molar-refractivity contribution < 1.29 is 24.9 Å². The summed E-state index contributed by atoms with van der Waals surface area (Å²) in [6.07, 6.45) is 3.72. The molecule has 0 aliphatic carbocycles. The lowest BCUT2D eigenvalue weighted by Crippen LogP contribution is -2.47. The molecule has 2 atom stereocenters. The molecule has 0 aromatic heterocycles. The van der Waals surface area contributed by atoms with Gasteiger partial charge in [-0.05, 0) is 37.8 Å². The fourth-order valence-corrected chi connectivity index (χ4v) is 1.50. The van der Waals surface area contributed by atoms with E-state index in [1.807, 2.05) is 6.26 Å². The Morgan fingerprint density at radius 3 is 2.20 bits per heavy atom. The maximum Gasteiger partial charge on any atom is 0.350 e. The average Bonchev–Trinajstić information content (AvgIpc) is 2.36. The van der Waals surface area contributed by atoms with Gasteiger partial charge in [0.1, 0.15) is 6.04 Å². The highest BCUT2D eigenvalue weighted by atomic mass is 32.2. The van der Waals surface area contributed by atoms with Gasteiger partial charge in [-0.15, -0.1) is 0 Å². The highest BCUT2D eigenvalue weighted by Crippen LogP contribution is 2.07. The number of rotatable bonds is 9. The van der Waals surface area contributed by atoms with Gasteiger partial charge in [-0.3, -0.25) is 10.5 Å². The van der Waals surface area contributed by atoms with Crippen molar-refractivity contribution in [2.45, 2.75) is 37.5 Å².